The number of nitrogens with one attached hydrogen (secondary N) is 2. The SMILES string of the molecule is CC(C)Cn1c(CCC(N)=O)nnc1SCC(=O)NC(=O)NCCC1=CCCCC1. The molecule has 1 aromatic rings. The second kappa shape index (κ2) is 12.4. The van der Waals surface area contributed by atoms with Crippen LogP contribution in [0, 0.1) is 5.92 Å². The zero-order valence-corrected chi connectivity index (χ0v) is 18.6. The molecule has 4 N–H and O–H groups in total. The Labute approximate surface area is 181 Å². The number of nitrogens with zero attached hydrogens (tertiary/aromatic N) is 3. The summed E-state index contributed by atoms with van der Waals surface area (Å²) in [4.78, 5) is 35.1. The van der Waals surface area contributed by atoms with E-state index >= 15 is 0 Å². The molecule has 0 fully saturated rings. The predicted octanol–water partition coefficient (Wildman–Crippen LogP) is 2.16. The van der Waals surface area contributed by atoms with Crippen molar-refractivity contribution in [1.29, 1.82) is 0 Å². The first-order valence-electron chi connectivity index (χ1n) is 10.4. The molecule has 0 saturated carbocycles. The summed E-state index contributed by atoms with van der Waals surface area (Å²) in [5.41, 5.74) is 6.60. The second-order valence-corrected chi connectivity index (χ2v) is 8.76. The Morgan fingerprint density at radius 2 is 2.03 bits per heavy atom. The zero-order valence-electron chi connectivity index (χ0n) is 17.8. The molecule has 0 radical (unpaired) electrons. The maximum absolute atomic E-state index is 12.1. The first kappa shape index (κ1) is 23.9. The van der Waals surface area contributed by atoms with Gasteiger partial charge >= 0.3 is 6.03 Å². The quantitative estimate of drug-likeness (QED) is 0.360. The molecule has 0 spiro atoms. The van der Waals surface area contributed by atoms with Gasteiger partial charge in [-0.25, -0.2) is 4.79 Å². The van der Waals surface area contributed by atoms with Crippen LogP contribution >= 0.6 is 11.8 Å². The summed E-state index contributed by atoms with van der Waals surface area (Å²) >= 11 is 1.21. The van der Waals surface area contributed by atoms with Crippen LogP contribution < -0.4 is 16.4 Å². The summed E-state index contributed by atoms with van der Waals surface area (Å²) in [6.07, 6.45) is 8.32. The summed E-state index contributed by atoms with van der Waals surface area (Å²) in [5.74, 6) is 0.261. The number of hydrogen-bond acceptors (Lipinski definition) is 6. The Morgan fingerprint density at radius 1 is 1.23 bits per heavy atom. The first-order chi connectivity index (χ1) is 14.3. The van der Waals surface area contributed by atoms with E-state index in [2.05, 4.69) is 40.8 Å². The summed E-state index contributed by atoms with van der Waals surface area (Å²) in [6, 6.07) is -0.484. The number of carbonyl (C=O) groups is 3. The van der Waals surface area contributed by atoms with Crippen LogP contribution in [0.25, 0.3) is 0 Å². The number of aryl methyl sites for hydroxylation is 1. The van der Waals surface area contributed by atoms with E-state index in [1.54, 1.807) is 0 Å². The normalized spacial score (nSPS) is 13.8. The summed E-state index contributed by atoms with van der Waals surface area (Å²) in [7, 11) is 0. The Kier molecular flexibility index (Phi) is 9.85. The Morgan fingerprint density at radius 3 is 2.70 bits per heavy atom. The van der Waals surface area contributed by atoms with Crippen LogP contribution in [0.1, 0.15) is 58.2 Å². The molecule has 1 aromatic heterocycles. The number of rotatable bonds is 11. The summed E-state index contributed by atoms with van der Waals surface area (Å²) in [6.45, 7) is 5.31. The molecule has 0 atom stereocenters. The minimum atomic E-state index is -0.484. The van der Waals surface area contributed by atoms with Gasteiger partial charge in [0, 0.05) is 25.9 Å². The molecule has 10 heteroatoms. The van der Waals surface area contributed by atoms with Crippen LogP contribution in [-0.4, -0.2) is 44.9 Å². The molecule has 9 nitrogen and oxygen atoms in total. The van der Waals surface area contributed by atoms with E-state index in [0.717, 1.165) is 19.3 Å². The van der Waals surface area contributed by atoms with E-state index in [0.29, 0.717) is 36.4 Å². The first-order valence-corrected chi connectivity index (χ1v) is 11.4. The lowest BCUT2D eigenvalue weighted by molar-refractivity contribution is -0.118. The number of amides is 4. The fraction of sp³-hybridized carbons (Fsp3) is 0.650. The minimum absolute atomic E-state index is 0.0463. The zero-order chi connectivity index (χ0) is 21.9. The minimum Gasteiger partial charge on any atom is -0.370 e. The van der Waals surface area contributed by atoms with Gasteiger partial charge in [0.15, 0.2) is 5.16 Å². The standard InChI is InChI=1S/C20H32N6O3S/c1-14(2)12-26-17(9-8-16(21)27)24-25-20(26)30-13-18(28)23-19(29)22-11-10-15-6-4-3-5-7-15/h6,14H,3-5,7-13H2,1-2H3,(H2,21,27)(H2,22,23,28,29). The van der Waals surface area contributed by atoms with Crippen LogP contribution in [0.5, 0.6) is 0 Å². The van der Waals surface area contributed by atoms with Gasteiger partial charge < -0.3 is 15.6 Å². The molecular weight excluding hydrogens is 404 g/mol. The average molecular weight is 437 g/mol. The number of carbonyl (C=O) groups excluding carboxylic acids is 3. The third-order valence-electron chi connectivity index (χ3n) is 4.64. The molecule has 0 bridgehead atoms. The number of hydrogen-bond donors (Lipinski definition) is 3. The van der Waals surface area contributed by atoms with Crippen molar-refractivity contribution in [1.82, 2.24) is 25.4 Å². The molecule has 0 saturated heterocycles. The van der Waals surface area contributed by atoms with Crippen molar-refractivity contribution in [3.8, 4) is 0 Å². The predicted molar refractivity (Wildman–Crippen MR) is 116 cm³/mol. The molecule has 4 amide bonds. The van der Waals surface area contributed by atoms with Crippen molar-refractivity contribution in [3.63, 3.8) is 0 Å². The van der Waals surface area contributed by atoms with Crippen LogP contribution in [0.2, 0.25) is 0 Å². The van der Waals surface area contributed by atoms with Crippen molar-refractivity contribution in [2.45, 2.75) is 70.5 Å². The number of nitrogens with two attached hydrogens (primary N) is 1. The monoisotopic (exact) mass is 436 g/mol. The summed E-state index contributed by atoms with van der Waals surface area (Å²) in [5, 5.41) is 13.9. The molecule has 166 valence electrons. The third kappa shape index (κ3) is 8.56. The van der Waals surface area contributed by atoms with Crippen LogP contribution in [-0.2, 0) is 22.6 Å². The van der Waals surface area contributed by atoms with Gasteiger partial charge in [0.1, 0.15) is 5.82 Å². The van der Waals surface area contributed by atoms with Crippen LogP contribution in [0.3, 0.4) is 0 Å². The molecule has 2 rings (SSSR count). The van der Waals surface area contributed by atoms with E-state index in [4.69, 9.17) is 5.73 Å². The third-order valence-corrected chi connectivity index (χ3v) is 5.60. The van der Waals surface area contributed by atoms with Gasteiger partial charge in [0.25, 0.3) is 0 Å². The number of imide groups is 1. The second-order valence-electron chi connectivity index (χ2n) is 7.82. The van der Waals surface area contributed by atoms with Crippen molar-refractivity contribution >= 4 is 29.6 Å². The average Bonchev–Trinajstić information content (AvgIpc) is 3.06. The molecule has 1 aliphatic carbocycles. The van der Waals surface area contributed by atoms with E-state index in [9.17, 15) is 14.4 Å². The lowest BCUT2D eigenvalue weighted by atomic mass is 9.97. The number of aromatic nitrogens is 3. The van der Waals surface area contributed by atoms with E-state index in [1.807, 2.05) is 4.57 Å². The van der Waals surface area contributed by atoms with Gasteiger partial charge in [-0.3, -0.25) is 14.9 Å². The lowest BCUT2D eigenvalue weighted by Gasteiger charge is -2.13. The number of thioether (sulfide) groups is 1. The van der Waals surface area contributed by atoms with Crippen LogP contribution in [0.15, 0.2) is 16.8 Å². The molecule has 0 aromatic carbocycles. The summed E-state index contributed by atoms with van der Waals surface area (Å²) < 4.78 is 1.91. The van der Waals surface area contributed by atoms with Crippen molar-refractivity contribution < 1.29 is 14.4 Å². The van der Waals surface area contributed by atoms with Crippen molar-refractivity contribution in [2.24, 2.45) is 11.7 Å². The van der Waals surface area contributed by atoms with Crippen molar-refractivity contribution in [2.75, 3.05) is 12.3 Å². The van der Waals surface area contributed by atoms with Crippen molar-refractivity contribution in [3.05, 3.63) is 17.5 Å². The van der Waals surface area contributed by atoms with Gasteiger partial charge in [0.05, 0.1) is 5.75 Å². The maximum atomic E-state index is 12.1. The number of allylic oxidation sites excluding steroid dienone is 1. The van der Waals surface area contributed by atoms with E-state index < -0.39 is 17.8 Å². The van der Waals surface area contributed by atoms with E-state index in [1.165, 1.54) is 30.2 Å². The largest absolute Gasteiger partial charge is 0.370 e. The smallest absolute Gasteiger partial charge is 0.321 e. The van der Waals surface area contributed by atoms with Gasteiger partial charge in [-0.1, -0.05) is 37.3 Å². The Bertz CT molecular complexity index is 775. The molecular formula is C20H32N6O3S. The highest BCUT2D eigenvalue weighted by atomic mass is 32.2. The molecule has 0 unspecified atom stereocenters. The highest BCUT2D eigenvalue weighted by Gasteiger charge is 2.16. The van der Waals surface area contributed by atoms with Gasteiger partial charge in [0.2, 0.25) is 11.8 Å². The van der Waals surface area contributed by atoms with Gasteiger partial charge in [-0.15, -0.1) is 10.2 Å². The van der Waals surface area contributed by atoms with E-state index in [-0.39, 0.29) is 12.2 Å². The molecule has 1 aliphatic rings. The maximum Gasteiger partial charge on any atom is 0.321 e. The molecule has 0 aliphatic heterocycles. The highest BCUT2D eigenvalue weighted by molar-refractivity contribution is 7.99. The lowest BCUT2D eigenvalue weighted by Crippen LogP contribution is -2.40. The topological polar surface area (TPSA) is 132 Å². The molecule has 1 heterocycles. The van der Waals surface area contributed by atoms with Crippen LogP contribution in [0.4, 0.5) is 4.79 Å². The number of primary amides is 1. The highest BCUT2D eigenvalue weighted by Crippen LogP contribution is 2.20. The van der Waals surface area contributed by atoms with Gasteiger partial charge in [-0.05, 0) is 38.0 Å². The Balaban J connectivity index is 1.79. The fourth-order valence-corrected chi connectivity index (χ4v) is 3.97. The van der Waals surface area contributed by atoms with Gasteiger partial charge in [-0.2, -0.15) is 0 Å². The Hall–Kier alpha value is -2.36. The fourth-order valence-electron chi connectivity index (χ4n) is 3.20. The number of urea groups is 1. The molecule has 30 heavy (non-hydrogen) atoms.